The maximum Gasteiger partial charge on any atom is 0.389 e. The number of hydrogen-bond donors (Lipinski definition) is 1. The number of imide groups is 1. The van der Waals surface area contributed by atoms with Gasteiger partial charge < -0.3 is 5.11 Å². The summed E-state index contributed by atoms with van der Waals surface area (Å²) in [6, 6.07) is 4.65. The Hall–Kier alpha value is -3.65. The number of rotatable bonds is 4. The molecule has 1 saturated heterocycles. The van der Waals surface area contributed by atoms with Crippen molar-refractivity contribution in [1.82, 2.24) is 24.8 Å². The predicted molar refractivity (Wildman–Crippen MR) is 91.3 cm³/mol. The maximum absolute atomic E-state index is 12.3. The van der Waals surface area contributed by atoms with Gasteiger partial charge in [0.05, 0.1) is 13.3 Å². The Balaban J connectivity index is 1.60. The van der Waals surface area contributed by atoms with Gasteiger partial charge in [-0.15, -0.1) is 5.75 Å². The minimum absolute atomic E-state index is 0.114. The Kier molecular flexibility index (Phi) is 4.42. The predicted octanol–water partition coefficient (Wildman–Crippen LogP) is -2.09. The average molecular weight is 356 g/mol. The van der Waals surface area contributed by atoms with E-state index in [-0.39, 0.29) is 18.1 Å². The lowest BCUT2D eigenvalue weighted by atomic mass is 10.1. The number of nitrogens with zero attached hydrogens (tertiary/aromatic N) is 5. The third kappa shape index (κ3) is 3.13. The van der Waals surface area contributed by atoms with E-state index in [2.05, 4.69) is 15.2 Å². The molecule has 1 atom stereocenters. The van der Waals surface area contributed by atoms with Crippen LogP contribution in [0.1, 0.15) is 5.56 Å². The van der Waals surface area contributed by atoms with E-state index in [4.69, 9.17) is 0 Å². The third-order valence-electron chi connectivity index (χ3n) is 4.01. The molecule has 10 heteroatoms. The number of amides is 4. The summed E-state index contributed by atoms with van der Waals surface area (Å²) in [7, 11) is 2.90. The van der Waals surface area contributed by atoms with Crippen molar-refractivity contribution in [2.45, 2.75) is 6.04 Å². The highest BCUT2D eigenvalue weighted by Gasteiger charge is 2.53. The lowest BCUT2D eigenvalue weighted by molar-refractivity contribution is -0.268. The zero-order chi connectivity index (χ0) is 18.8. The van der Waals surface area contributed by atoms with E-state index in [1.165, 1.54) is 48.6 Å². The molecule has 1 fully saturated rings. The van der Waals surface area contributed by atoms with Crippen molar-refractivity contribution in [1.29, 1.82) is 0 Å². The molecule has 2 heterocycles. The molecule has 0 saturated carbocycles. The van der Waals surface area contributed by atoms with E-state index in [1.807, 2.05) is 0 Å². The van der Waals surface area contributed by atoms with Crippen molar-refractivity contribution in [2.24, 2.45) is 5.10 Å². The van der Waals surface area contributed by atoms with Crippen molar-refractivity contribution in [3.63, 3.8) is 0 Å². The highest BCUT2D eigenvalue weighted by Crippen LogP contribution is 2.15. The number of hydrogen-bond acceptors (Lipinski definition) is 6. The quantitative estimate of drug-likeness (QED) is 0.377. The Morgan fingerprint density at radius 3 is 2.65 bits per heavy atom. The van der Waals surface area contributed by atoms with E-state index < -0.39 is 23.9 Å². The molecule has 0 bridgehead atoms. The van der Waals surface area contributed by atoms with Crippen LogP contribution in [0.2, 0.25) is 0 Å². The minimum atomic E-state index is -0.818. The number of hydrazone groups is 1. The normalized spacial score (nSPS) is 19.2. The maximum atomic E-state index is 12.3. The summed E-state index contributed by atoms with van der Waals surface area (Å²) in [5.41, 5.74) is 3.01. The smallest absolute Gasteiger partial charge is 0.389 e. The van der Waals surface area contributed by atoms with Crippen molar-refractivity contribution in [3.8, 4) is 5.75 Å². The van der Waals surface area contributed by atoms with Crippen LogP contribution >= 0.6 is 0 Å². The third-order valence-corrected chi connectivity index (χ3v) is 4.01. The molecule has 1 N–H and O–H groups in total. The number of carbonyl (C=O) groups is 3. The van der Waals surface area contributed by atoms with Gasteiger partial charge in [0.2, 0.25) is 0 Å². The minimum Gasteiger partial charge on any atom is -0.872 e. The summed E-state index contributed by atoms with van der Waals surface area (Å²) in [5, 5.41) is 14.8. The van der Waals surface area contributed by atoms with Crippen molar-refractivity contribution < 1.29 is 19.5 Å². The second kappa shape index (κ2) is 6.69. The molecule has 3 rings (SSSR count). The second-order valence-corrected chi connectivity index (χ2v) is 5.78. The van der Waals surface area contributed by atoms with Crippen LogP contribution in [0, 0.1) is 0 Å². The molecule has 4 amide bonds. The summed E-state index contributed by atoms with van der Waals surface area (Å²) in [6.45, 7) is -0.157. The summed E-state index contributed by atoms with van der Waals surface area (Å²) in [5.74, 6) is -0.733. The van der Waals surface area contributed by atoms with E-state index in [9.17, 15) is 19.5 Å². The SMILES string of the molecule is CN1C(=O)C2C(=[N+]=CN2CC(=O)N/N=C/c2ccc([O-])cc2)N(C)C1=O. The van der Waals surface area contributed by atoms with Crippen LogP contribution in [0.3, 0.4) is 0 Å². The first kappa shape index (κ1) is 17.2. The van der Waals surface area contributed by atoms with E-state index in [1.54, 1.807) is 12.1 Å². The molecule has 134 valence electrons. The highest BCUT2D eigenvalue weighted by molar-refractivity contribution is 6.22. The van der Waals surface area contributed by atoms with Gasteiger partial charge in [0, 0.05) is 7.05 Å². The molecule has 0 spiro atoms. The zero-order valence-corrected chi connectivity index (χ0v) is 14.1. The number of likely N-dealkylation sites (N-methyl/N-ethyl adjacent to an activating group) is 2. The molecule has 0 radical (unpaired) electrons. The van der Waals surface area contributed by atoms with Gasteiger partial charge in [-0.2, -0.15) is 10.0 Å². The topological polar surface area (TPSA) is 122 Å². The van der Waals surface area contributed by atoms with Crippen LogP contribution in [-0.2, 0) is 9.59 Å². The fourth-order valence-corrected chi connectivity index (χ4v) is 2.61. The Morgan fingerprint density at radius 2 is 1.96 bits per heavy atom. The van der Waals surface area contributed by atoms with Crippen LogP contribution in [0.25, 0.3) is 0 Å². The number of amidine groups is 1. The van der Waals surface area contributed by atoms with E-state index in [0.29, 0.717) is 5.56 Å². The molecule has 2 aliphatic heterocycles. The molecule has 2 aliphatic rings. The monoisotopic (exact) mass is 356 g/mol. The number of urea groups is 1. The van der Waals surface area contributed by atoms with Crippen molar-refractivity contribution >= 4 is 36.2 Å². The van der Waals surface area contributed by atoms with Gasteiger partial charge in [0.15, 0.2) is 0 Å². The largest absolute Gasteiger partial charge is 0.872 e. The fraction of sp³-hybridized carbons (Fsp3) is 0.250. The fourth-order valence-electron chi connectivity index (χ4n) is 2.61. The lowest BCUT2D eigenvalue weighted by Crippen LogP contribution is -2.63. The summed E-state index contributed by atoms with van der Waals surface area (Å²) < 4.78 is 4.07. The molecule has 26 heavy (non-hydrogen) atoms. The molecule has 0 aliphatic carbocycles. The van der Waals surface area contributed by atoms with Crippen LogP contribution < -0.4 is 15.2 Å². The van der Waals surface area contributed by atoms with E-state index >= 15 is 0 Å². The number of benzene rings is 1. The molecule has 0 aromatic heterocycles. The van der Waals surface area contributed by atoms with Crippen molar-refractivity contribution in [3.05, 3.63) is 29.8 Å². The molecular formula is C16H16N6O4. The van der Waals surface area contributed by atoms with Gasteiger partial charge in [-0.1, -0.05) is 24.3 Å². The summed E-state index contributed by atoms with van der Waals surface area (Å²) in [6.07, 6.45) is 2.76. The molecule has 1 unspecified atom stereocenters. The Morgan fingerprint density at radius 1 is 1.27 bits per heavy atom. The van der Waals surface area contributed by atoms with E-state index in [0.717, 1.165) is 4.90 Å². The average Bonchev–Trinajstić information content (AvgIpc) is 3.03. The summed E-state index contributed by atoms with van der Waals surface area (Å²) in [4.78, 5) is 40.0. The number of fused-ring (bicyclic) bond motifs is 1. The van der Waals surface area contributed by atoms with Crippen LogP contribution in [-0.4, -0.2) is 77.6 Å². The Labute approximate surface area is 148 Å². The molecular weight excluding hydrogens is 340 g/mol. The standard InChI is InChI=1S/C16H16N6O4/c1-20-14-13(15(25)21(2)16(20)26)22(9-17-14)8-12(24)19-18-7-10-3-5-11(23)6-4-10/h3-7,9,13H,8H2,1-2H3,(H-,18,19,23,24). The number of nitrogens with one attached hydrogen (secondary N) is 1. The van der Waals surface area contributed by atoms with Gasteiger partial charge in [0.25, 0.3) is 24.2 Å². The Bertz CT molecular complexity index is 856. The first-order valence-electron chi connectivity index (χ1n) is 7.69. The van der Waals surface area contributed by atoms with Gasteiger partial charge in [-0.25, -0.2) is 14.9 Å². The molecule has 10 nitrogen and oxygen atoms in total. The van der Waals surface area contributed by atoms with Crippen LogP contribution in [0.4, 0.5) is 4.79 Å². The van der Waals surface area contributed by atoms with Crippen LogP contribution in [0.5, 0.6) is 5.75 Å². The van der Waals surface area contributed by atoms with Gasteiger partial charge >= 0.3 is 11.9 Å². The van der Waals surface area contributed by atoms with Gasteiger partial charge in [-0.3, -0.25) is 19.4 Å². The zero-order valence-electron chi connectivity index (χ0n) is 14.1. The second-order valence-electron chi connectivity index (χ2n) is 5.78. The molecule has 1 aromatic carbocycles. The van der Waals surface area contributed by atoms with Gasteiger partial charge in [-0.05, 0) is 5.56 Å². The van der Waals surface area contributed by atoms with Gasteiger partial charge in [0.1, 0.15) is 6.54 Å². The number of carbonyl (C=O) groups excluding carboxylic acids is 3. The highest BCUT2D eigenvalue weighted by atomic mass is 16.3. The summed E-state index contributed by atoms with van der Waals surface area (Å²) >= 11 is 0. The first-order valence-corrected chi connectivity index (χ1v) is 7.69. The van der Waals surface area contributed by atoms with Crippen LogP contribution in [0.15, 0.2) is 29.4 Å². The lowest BCUT2D eigenvalue weighted by Gasteiger charge is -2.29. The first-order chi connectivity index (χ1) is 12.4. The van der Waals surface area contributed by atoms with Crippen molar-refractivity contribution in [2.75, 3.05) is 20.6 Å². The molecule has 1 aromatic rings.